The molecule has 0 amide bonds. The van der Waals surface area contributed by atoms with Gasteiger partial charge in [0.25, 0.3) is 0 Å². The highest BCUT2D eigenvalue weighted by Gasteiger charge is 2.19. The number of aryl methyl sites for hydroxylation is 1. The molecule has 0 saturated heterocycles. The third kappa shape index (κ3) is 2.95. The zero-order valence-electron chi connectivity index (χ0n) is 10.8. The van der Waals surface area contributed by atoms with E-state index in [-0.39, 0.29) is 6.04 Å². The molecule has 0 aromatic carbocycles. The molecule has 0 radical (unpaired) electrons. The van der Waals surface area contributed by atoms with Crippen molar-refractivity contribution in [2.75, 3.05) is 0 Å². The number of nitrogens with one attached hydrogen (secondary N) is 1. The van der Waals surface area contributed by atoms with Gasteiger partial charge < -0.3 is 8.94 Å². The lowest BCUT2D eigenvalue weighted by molar-refractivity contribution is 0.384. The molecule has 3 aromatic heterocycles. The number of furan rings is 1. The minimum Gasteiger partial charge on any atom is -0.467 e. The predicted molar refractivity (Wildman–Crippen MR) is 78.0 cm³/mol. The van der Waals surface area contributed by atoms with Crippen LogP contribution in [-0.2, 0) is 6.54 Å². The second-order valence-corrected chi connectivity index (χ2v) is 6.15. The lowest BCUT2D eigenvalue weighted by Crippen LogP contribution is -2.20. The van der Waals surface area contributed by atoms with Gasteiger partial charge in [-0.05, 0) is 31.2 Å². The first-order chi connectivity index (χ1) is 9.72. The number of thiophene rings is 1. The van der Waals surface area contributed by atoms with E-state index in [0.29, 0.717) is 6.54 Å². The van der Waals surface area contributed by atoms with E-state index in [1.165, 1.54) is 11.3 Å². The van der Waals surface area contributed by atoms with Crippen LogP contribution in [0.2, 0.25) is 4.34 Å². The van der Waals surface area contributed by atoms with Crippen molar-refractivity contribution in [3.05, 3.63) is 63.0 Å². The molecule has 3 heterocycles. The van der Waals surface area contributed by atoms with Crippen molar-refractivity contribution in [3.8, 4) is 0 Å². The lowest BCUT2D eigenvalue weighted by Gasteiger charge is -2.14. The Balaban J connectivity index is 1.79. The van der Waals surface area contributed by atoms with Gasteiger partial charge in [0, 0.05) is 17.5 Å². The third-order valence-corrected chi connectivity index (χ3v) is 4.17. The Morgan fingerprint density at radius 2 is 2.30 bits per heavy atom. The zero-order valence-corrected chi connectivity index (χ0v) is 12.4. The highest BCUT2D eigenvalue weighted by molar-refractivity contribution is 7.16. The van der Waals surface area contributed by atoms with Crippen LogP contribution < -0.4 is 5.32 Å². The van der Waals surface area contributed by atoms with Gasteiger partial charge in [-0.25, -0.2) is 0 Å². The molecule has 1 unspecified atom stereocenters. The van der Waals surface area contributed by atoms with Crippen LogP contribution in [0, 0.1) is 6.92 Å². The normalized spacial score (nSPS) is 12.7. The molecule has 0 aliphatic carbocycles. The maximum Gasteiger partial charge on any atom is 0.133 e. The zero-order chi connectivity index (χ0) is 13.9. The van der Waals surface area contributed by atoms with E-state index in [4.69, 9.17) is 20.5 Å². The van der Waals surface area contributed by atoms with Crippen LogP contribution in [-0.4, -0.2) is 5.16 Å². The summed E-state index contributed by atoms with van der Waals surface area (Å²) in [4.78, 5) is 1.10. The predicted octanol–water partition coefficient (Wildman–Crippen LogP) is 4.17. The Morgan fingerprint density at radius 3 is 2.90 bits per heavy atom. The molecule has 1 atom stereocenters. The van der Waals surface area contributed by atoms with Crippen LogP contribution in [0.3, 0.4) is 0 Å². The summed E-state index contributed by atoms with van der Waals surface area (Å²) in [6, 6.07) is 9.58. The Kier molecular flexibility index (Phi) is 3.91. The van der Waals surface area contributed by atoms with Gasteiger partial charge in [0.05, 0.1) is 16.3 Å². The summed E-state index contributed by atoms with van der Waals surface area (Å²) in [5, 5.41) is 7.39. The standard InChI is InChI=1S/C14H13ClN2O2S/c1-9-7-10(17-19-9)8-16-14(11-3-2-6-18-11)12-4-5-13(15)20-12/h2-7,14,16H,8H2,1H3. The highest BCUT2D eigenvalue weighted by atomic mass is 35.5. The second kappa shape index (κ2) is 5.83. The van der Waals surface area contributed by atoms with Gasteiger partial charge in [0.1, 0.15) is 17.6 Å². The van der Waals surface area contributed by atoms with Crippen LogP contribution in [0.1, 0.15) is 28.1 Å². The van der Waals surface area contributed by atoms with E-state index >= 15 is 0 Å². The van der Waals surface area contributed by atoms with E-state index in [2.05, 4.69) is 10.5 Å². The largest absolute Gasteiger partial charge is 0.467 e. The highest BCUT2D eigenvalue weighted by Crippen LogP contribution is 2.31. The van der Waals surface area contributed by atoms with Gasteiger partial charge in [-0.2, -0.15) is 0 Å². The summed E-state index contributed by atoms with van der Waals surface area (Å²) >= 11 is 7.55. The van der Waals surface area contributed by atoms with Crippen LogP contribution in [0.25, 0.3) is 0 Å². The van der Waals surface area contributed by atoms with Gasteiger partial charge in [-0.1, -0.05) is 16.8 Å². The fourth-order valence-corrected chi connectivity index (χ4v) is 3.13. The first kappa shape index (κ1) is 13.4. The second-order valence-electron chi connectivity index (χ2n) is 4.40. The topological polar surface area (TPSA) is 51.2 Å². The summed E-state index contributed by atoms with van der Waals surface area (Å²) in [6.07, 6.45) is 1.67. The fraction of sp³-hybridized carbons (Fsp3) is 0.214. The van der Waals surface area contributed by atoms with E-state index in [1.807, 2.05) is 37.3 Å². The van der Waals surface area contributed by atoms with E-state index in [0.717, 1.165) is 26.4 Å². The van der Waals surface area contributed by atoms with E-state index in [1.54, 1.807) is 6.26 Å². The van der Waals surface area contributed by atoms with Crippen molar-refractivity contribution in [2.24, 2.45) is 0 Å². The summed E-state index contributed by atoms with van der Waals surface area (Å²) < 4.78 is 11.3. The molecule has 1 N–H and O–H groups in total. The Hall–Kier alpha value is -1.56. The van der Waals surface area contributed by atoms with Crippen molar-refractivity contribution in [3.63, 3.8) is 0 Å². The average Bonchev–Trinajstić information content (AvgIpc) is 3.13. The number of aromatic nitrogens is 1. The molecule has 4 nitrogen and oxygen atoms in total. The minimum atomic E-state index is -0.0421. The number of hydrogen-bond donors (Lipinski definition) is 1. The van der Waals surface area contributed by atoms with Gasteiger partial charge in [0.2, 0.25) is 0 Å². The summed E-state index contributed by atoms with van der Waals surface area (Å²) in [7, 11) is 0. The summed E-state index contributed by atoms with van der Waals surface area (Å²) in [5.74, 6) is 1.65. The van der Waals surface area contributed by atoms with Crippen LogP contribution in [0.15, 0.2) is 45.5 Å². The molecule has 20 heavy (non-hydrogen) atoms. The van der Waals surface area contributed by atoms with Crippen molar-refractivity contribution < 1.29 is 8.94 Å². The molecule has 6 heteroatoms. The Morgan fingerprint density at radius 1 is 1.40 bits per heavy atom. The number of nitrogens with zero attached hydrogens (tertiary/aromatic N) is 1. The molecule has 0 aliphatic heterocycles. The summed E-state index contributed by atoms with van der Waals surface area (Å²) in [6.45, 7) is 2.47. The molecule has 104 valence electrons. The number of halogens is 1. The molecular weight excluding hydrogens is 296 g/mol. The first-order valence-corrected chi connectivity index (χ1v) is 7.36. The van der Waals surface area contributed by atoms with E-state index < -0.39 is 0 Å². The quantitative estimate of drug-likeness (QED) is 0.768. The fourth-order valence-electron chi connectivity index (χ4n) is 1.99. The van der Waals surface area contributed by atoms with Crippen molar-refractivity contribution in [2.45, 2.75) is 19.5 Å². The smallest absolute Gasteiger partial charge is 0.133 e. The van der Waals surface area contributed by atoms with Gasteiger partial charge in [-0.3, -0.25) is 5.32 Å². The Bertz CT molecular complexity index is 675. The van der Waals surface area contributed by atoms with Crippen LogP contribution >= 0.6 is 22.9 Å². The molecular formula is C14H13ClN2O2S. The maximum atomic E-state index is 6.02. The van der Waals surface area contributed by atoms with Crippen molar-refractivity contribution >= 4 is 22.9 Å². The van der Waals surface area contributed by atoms with Gasteiger partial charge in [0.15, 0.2) is 0 Å². The van der Waals surface area contributed by atoms with Gasteiger partial charge in [-0.15, -0.1) is 11.3 Å². The summed E-state index contributed by atoms with van der Waals surface area (Å²) in [5.41, 5.74) is 0.863. The number of rotatable bonds is 5. The Labute approximate surface area is 125 Å². The maximum absolute atomic E-state index is 6.02. The van der Waals surface area contributed by atoms with E-state index in [9.17, 15) is 0 Å². The lowest BCUT2D eigenvalue weighted by atomic mass is 10.2. The molecule has 3 aromatic rings. The monoisotopic (exact) mass is 308 g/mol. The SMILES string of the molecule is Cc1cc(CNC(c2ccco2)c2ccc(Cl)s2)no1. The third-order valence-electron chi connectivity index (χ3n) is 2.87. The van der Waals surface area contributed by atoms with Crippen molar-refractivity contribution in [1.82, 2.24) is 10.5 Å². The first-order valence-electron chi connectivity index (χ1n) is 6.16. The van der Waals surface area contributed by atoms with Crippen molar-refractivity contribution in [1.29, 1.82) is 0 Å². The van der Waals surface area contributed by atoms with Crippen LogP contribution in [0.4, 0.5) is 0 Å². The number of hydrogen-bond acceptors (Lipinski definition) is 5. The molecule has 0 bridgehead atoms. The molecule has 0 fully saturated rings. The van der Waals surface area contributed by atoms with Gasteiger partial charge >= 0.3 is 0 Å². The molecule has 0 spiro atoms. The minimum absolute atomic E-state index is 0.0421. The molecule has 0 saturated carbocycles. The molecule has 0 aliphatic rings. The average molecular weight is 309 g/mol. The molecule has 3 rings (SSSR count). The van der Waals surface area contributed by atoms with Crippen LogP contribution in [0.5, 0.6) is 0 Å².